The van der Waals surface area contributed by atoms with Crippen LogP contribution in [0.5, 0.6) is 0 Å². The zero-order chi connectivity index (χ0) is 17.4. The summed E-state index contributed by atoms with van der Waals surface area (Å²) in [5, 5.41) is 0. The molecule has 2 heterocycles. The molecule has 136 valence electrons. The smallest absolute Gasteiger partial charge is 0.247 e. The molecule has 2 amide bonds. The molecule has 0 radical (unpaired) electrons. The van der Waals surface area contributed by atoms with E-state index in [2.05, 4.69) is 0 Å². The number of hydrogen-bond acceptors (Lipinski definition) is 4. The molecule has 0 aliphatic carbocycles. The van der Waals surface area contributed by atoms with Crippen molar-refractivity contribution in [2.24, 2.45) is 0 Å². The number of rotatable bonds is 2. The number of carbonyl (C=O) groups excluding carboxylic acids is 2. The Bertz CT molecular complexity index is 858. The second-order valence-corrected chi connectivity index (χ2v) is 7.25. The molecule has 2 aliphatic heterocycles. The van der Waals surface area contributed by atoms with Gasteiger partial charge >= 0.3 is 0 Å². The molecule has 0 saturated carbocycles. The molecule has 7 heteroatoms. The van der Waals surface area contributed by atoms with Gasteiger partial charge in [-0.2, -0.15) is 0 Å². The summed E-state index contributed by atoms with van der Waals surface area (Å²) in [6.07, 6.45) is 1.77. The van der Waals surface area contributed by atoms with E-state index in [1.165, 1.54) is 11.8 Å². The maximum atomic E-state index is 13.0. The number of anilines is 3. The molecule has 26 heavy (non-hydrogen) atoms. The topological polar surface area (TPSA) is 66.6 Å². The first-order valence-electron chi connectivity index (χ1n) is 8.35. The van der Waals surface area contributed by atoms with Crippen LogP contribution < -0.4 is 15.5 Å². The van der Waals surface area contributed by atoms with E-state index in [9.17, 15) is 9.59 Å². The quantitative estimate of drug-likeness (QED) is 0.801. The van der Waals surface area contributed by atoms with E-state index in [-0.39, 0.29) is 30.8 Å². The molecular weight excluding hydrogens is 370 g/mol. The van der Waals surface area contributed by atoms with Crippen molar-refractivity contribution in [3.63, 3.8) is 0 Å². The molecule has 2 aromatic carbocycles. The van der Waals surface area contributed by atoms with Crippen LogP contribution in [0.1, 0.15) is 12.0 Å². The van der Waals surface area contributed by atoms with Gasteiger partial charge in [0.05, 0.1) is 11.4 Å². The van der Waals surface area contributed by atoms with Gasteiger partial charge in [-0.05, 0) is 42.7 Å². The molecule has 0 bridgehead atoms. The number of fused-ring (bicyclic) bond motifs is 2. The van der Waals surface area contributed by atoms with Crippen molar-refractivity contribution < 1.29 is 9.59 Å². The van der Waals surface area contributed by atoms with Crippen LogP contribution in [0.15, 0.2) is 47.4 Å². The Kier molecular flexibility index (Phi) is 5.44. The highest BCUT2D eigenvalue weighted by Gasteiger charge is 2.30. The number of hydrogen-bond donors (Lipinski definition) is 1. The van der Waals surface area contributed by atoms with Crippen LogP contribution in [0.3, 0.4) is 0 Å². The highest BCUT2D eigenvalue weighted by Crippen LogP contribution is 2.36. The van der Waals surface area contributed by atoms with Crippen LogP contribution in [0, 0.1) is 0 Å². The van der Waals surface area contributed by atoms with Crippen molar-refractivity contribution in [2.75, 3.05) is 34.4 Å². The van der Waals surface area contributed by atoms with E-state index in [0.717, 1.165) is 40.4 Å². The SMILES string of the molecule is Cl.Nc1cccc2c1CCCN2C(=O)CN1C(=O)CSc2ccccc21. The minimum atomic E-state index is -0.0680. The number of thioether (sulfide) groups is 1. The summed E-state index contributed by atoms with van der Waals surface area (Å²) in [7, 11) is 0. The monoisotopic (exact) mass is 389 g/mol. The fraction of sp³-hybridized carbons (Fsp3) is 0.263. The molecule has 0 fully saturated rings. The lowest BCUT2D eigenvalue weighted by Gasteiger charge is -2.34. The Hall–Kier alpha value is -2.18. The van der Waals surface area contributed by atoms with Gasteiger partial charge in [-0.3, -0.25) is 9.59 Å². The maximum absolute atomic E-state index is 13.0. The lowest BCUT2D eigenvalue weighted by Crippen LogP contribution is -2.46. The van der Waals surface area contributed by atoms with Crippen LogP contribution >= 0.6 is 24.2 Å². The predicted octanol–water partition coefficient (Wildman–Crippen LogP) is 3.11. The van der Waals surface area contributed by atoms with E-state index < -0.39 is 0 Å². The molecule has 2 aliphatic rings. The highest BCUT2D eigenvalue weighted by atomic mass is 35.5. The molecule has 0 saturated heterocycles. The molecule has 2 aromatic rings. The van der Waals surface area contributed by atoms with Gasteiger partial charge in [0, 0.05) is 22.8 Å². The second kappa shape index (κ2) is 7.60. The van der Waals surface area contributed by atoms with Crippen molar-refractivity contribution >= 4 is 53.0 Å². The summed E-state index contributed by atoms with van der Waals surface area (Å²) in [4.78, 5) is 29.8. The first-order valence-corrected chi connectivity index (χ1v) is 9.33. The summed E-state index contributed by atoms with van der Waals surface area (Å²) in [6, 6.07) is 13.4. The molecule has 0 spiro atoms. The number of nitrogen functional groups attached to an aromatic ring is 1. The lowest BCUT2D eigenvalue weighted by atomic mass is 10.00. The summed E-state index contributed by atoms with van der Waals surface area (Å²) in [5.41, 5.74) is 9.53. The number of nitrogens with two attached hydrogens (primary N) is 1. The highest BCUT2D eigenvalue weighted by molar-refractivity contribution is 8.00. The normalized spacial score (nSPS) is 15.8. The Labute approximate surface area is 162 Å². The Morgan fingerprint density at radius 1 is 1.12 bits per heavy atom. The fourth-order valence-corrected chi connectivity index (χ4v) is 4.39. The van der Waals surface area contributed by atoms with Crippen LogP contribution in [0.4, 0.5) is 17.1 Å². The minimum absolute atomic E-state index is 0. The van der Waals surface area contributed by atoms with Crippen LogP contribution in [0.2, 0.25) is 0 Å². The first kappa shape index (κ1) is 18.6. The molecule has 0 aromatic heterocycles. The van der Waals surface area contributed by atoms with E-state index in [1.54, 1.807) is 9.80 Å². The summed E-state index contributed by atoms with van der Waals surface area (Å²) in [6.45, 7) is 0.721. The molecule has 2 N–H and O–H groups in total. The van der Waals surface area contributed by atoms with Gasteiger partial charge in [0.2, 0.25) is 11.8 Å². The first-order chi connectivity index (χ1) is 12.1. The third-order valence-electron chi connectivity index (χ3n) is 4.69. The van der Waals surface area contributed by atoms with Crippen molar-refractivity contribution in [3.8, 4) is 0 Å². The van der Waals surface area contributed by atoms with E-state index in [1.807, 2.05) is 42.5 Å². The molecule has 0 atom stereocenters. The van der Waals surface area contributed by atoms with Gasteiger partial charge in [0.1, 0.15) is 6.54 Å². The second-order valence-electron chi connectivity index (χ2n) is 6.23. The van der Waals surface area contributed by atoms with Crippen LogP contribution in [-0.4, -0.2) is 30.7 Å². The van der Waals surface area contributed by atoms with Crippen molar-refractivity contribution in [3.05, 3.63) is 48.0 Å². The third kappa shape index (κ3) is 3.27. The number of benzene rings is 2. The zero-order valence-electron chi connectivity index (χ0n) is 14.2. The van der Waals surface area contributed by atoms with Crippen molar-refractivity contribution in [1.82, 2.24) is 0 Å². The van der Waals surface area contributed by atoms with Gasteiger partial charge in [-0.1, -0.05) is 18.2 Å². The fourth-order valence-electron chi connectivity index (χ4n) is 3.46. The van der Waals surface area contributed by atoms with E-state index in [0.29, 0.717) is 12.3 Å². The van der Waals surface area contributed by atoms with Crippen LogP contribution in [0.25, 0.3) is 0 Å². The number of halogens is 1. The maximum Gasteiger partial charge on any atom is 0.247 e. The average molecular weight is 390 g/mol. The Morgan fingerprint density at radius 2 is 1.88 bits per heavy atom. The minimum Gasteiger partial charge on any atom is -0.398 e. The van der Waals surface area contributed by atoms with Gasteiger partial charge in [0.25, 0.3) is 0 Å². The van der Waals surface area contributed by atoms with Crippen molar-refractivity contribution in [2.45, 2.75) is 17.7 Å². The standard InChI is InChI=1S/C19H19N3O2S.ClH/c20-14-6-3-8-15-13(14)5-4-10-21(15)18(23)11-22-16-7-1-2-9-17(16)25-12-19(22)24;/h1-3,6-9H,4-5,10-12,20H2;1H. The number of amides is 2. The van der Waals surface area contributed by atoms with Crippen LogP contribution in [-0.2, 0) is 16.0 Å². The van der Waals surface area contributed by atoms with Crippen molar-refractivity contribution in [1.29, 1.82) is 0 Å². The predicted molar refractivity (Wildman–Crippen MR) is 108 cm³/mol. The number of carbonyl (C=O) groups is 2. The van der Waals surface area contributed by atoms with Gasteiger partial charge in [-0.25, -0.2) is 0 Å². The van der Waals surface area contributed by atoms with Gasteiger partial charge in [0.15, 0.2) is 0 Å². The zero-order valence-corrected chi connectivity index (χ0v) is 15.8. The third-order valence-corrected chi connectivity index (χ3v) is 5.74. The van der Waals surface area contributed by atoms with E-state index >= 15 is 0 Å². The summed E-state index contributed by atoms with van der Waals surface area (Å²) in [5.74, 6) is 0.275. The number of nitrogens with zero attached hydrogens (tertiary/aromatic N) is 2. The van der Waals surface area contributed by atoms with E-state index in [4.69, 9.17) is 5.73 Å². The average Bonchev–Trinajstić information content (AvgIpc) is 2.64. The molecular formula is C19H20ClN3O2S. The largest absolute Gasteiger partial charge is 0.398 e. The Morgan fingerprint density at radius 3 is 2.73 bits per heavy atom. The molecule has 5 nitrogen and oxygen atoms in total. The van der Waals surface area contributed by atoms with Gasteiger partial charge in [-0.15, -0.1) is 24.2 Å². The molecule has 0 unspecified atom stereocenters. The lowest BCUT2D eigenvalue weighted by molar-refractivity contribution is -0.121. The number of para-hydroxylation sites is 1. The molecule has 4 rings (SSSR count). The Balaban J connectivity index is 0.00000196. The summed E-state index contributed by atoms with van der Waals surface area (Å²) < 4.78 is 0. The van der Waals surface area contributed by atoms with Gasteiger partial charge < -0.3 is 15.5 Å². The summed E-state index contributed by atoms with van der Waals surface area (Å²) >= 11 is 1.52.